The Hall–Kier alpha value is -2.54. The minimum Gasteiger partial charge on any atom is -0.497 e. The topological polar surface area (TPSA) is 74.8 Å². The first-order valence-corrected chi connectivity index (χ1v) is 10.9. The number of hydrogen-bond acceptors (Lipinski definition) is 5. The van der Waals surface area contributed by atoms with E-state index >= 15 is 0 Å². The first-order valence-electron chi connectivity index (χ1n) is 10.5. The predicted octanol–water partition coefficient (Wildman–Crippen LogP) is 4.49. The van der Waals surface area contributed by atoms with Crippen LogP contribution in [-0.4, -0.2) is 47.8 Å². The number of ether oxygens (including phenoxy) is 2. The second-order valence-corrected chi connectivity index (χ2v) is 8.40. The number of esters is 1. The molecule has 0 radical (unpaired) electrons. The van der Waals surface area contributed by atoms with Crippen molar-refractivity contribution in [3.8, 4) is 5.75 Å². The van der Waals surface area contributed by atoms with Crippen molar-refractivity contribution >= 4 is 28.5 Å². The van der Waals surface area contributed by atoms with Crippen molar-refractivity contribution in [2.75, 3.05) is 26.8 Å². The standard InChI is InChI=1S/C24H27ClN2O4/c1-3-31-23(28)22-20(19-13-17(25)8-9-21(19)26-22)14-27-11-5-10-24(29,15-27)16-6-4-7-18(12-16)30-2/h4,6-9,12-13,26,29H,3,5,10-11,14-15H2,1-2H3. The molecule has 0 spiro atoms. The van der Waals surface area contributed by atoms with Gasteiger partial charge in [-0.25, -0.2) is 4.79 Å². The van der Waals surface area contributed by atoms with E-state index in [9.17, 15) is 9.90 Å². The summed E-state index contributed by atoms with van der Waals surface area (Å²) in [5.74, 6) is 0.337. The van der Waals surface area contributed by atoms with Crippen LogP contribution < -0.4 is 4.74 Å². The summed E-state index contributed by atoms with van der Waals surface area (Å²) in [7, 11) is 1.62. The van der Waals surface area contributed by atoms with Gasteiger partial charge in [0.1, 0.15) is 17.0 Å². The molecular formula is C24H27ClN2O4. The summed E-state index contributed by atoms with van der Waals surface area (Å²) >= 11 is 6.24. The maximum Gasteiger partial charge on any atom is 0.355 e. The first-order chi connectivity index (χ1) is 14.9. The number of rotatable bonds is 6. The van der Waals surface area contributed by atoms with Crippen LogP contribution in [0.4, 0.5) is 0 Å². The van der Waals surface area contributed by atoms with Crippen molar-refractivity contribution in [2.24, 2.45) is 0 Å². The number of nitrogens with one attached hydrogen (secondary N) is 1. The van der Waals surface area contributed by atoms with E-state index in [4.69, 9.17) is 21.1 Å². The van der Waals surface area contributed by atoms with Crippen LogP contribution in [-0.2, 0) is 16.9 Å². The quantitative estimate of drug-likeness (QED) is 0.550. The number of likely N-dealkylation sites (tertiary alicyclic amines) is 1. The van der Waals surface area contributed by atoms with Gasteiger partial charge >= 0.3 is 5.97 Å². The van der Waals surface area contributed by atoms with E-state index in [1.807, 2.05) is 36.4 Å². The minimum atomic E-state index is -0.985. The molecular weight excluding hydrogens is 416 g/mol. The molecule has 1 unspecified atom stereocenters. The van der Waals surface area contributed by atoms with E-state index in [2.05, 4.69) is 9.88 Å². The number of methoxy groups -OCH3 is 1. The number of carbonyl (C=O) groups excluding carboxylic acids is 1. The Bertz CT molecular complexity index is 1100. The highest BCUT2D eigenvalue weighted by atomic mass is 35.5. The van der Waals surface area contributed by atoms with Gasteiger partial charge in [0.05, 0.1) is 13.7 Å². The lowest BCUT2D eigenvalue weighted by atomic mass is 9.85. The van der Waals surface area contributed by atoms with Gasteiger partial charge in [0.2, 0.25) is 0 Å². The summed E-state index contributed by atoms with van der Waals surface area (Å²) in [5.41, 5.74) is 1.97. The number of H-pyrrole nitrogens is 1. The lowest BCUT2D eigenvalue weighted by Gasteiger charge is -2.39. The second-order valence-electron chi connectivity index (χ2n) is 7.97. The number of hydrogen-bond donors (Lipinski definition) is 2. The van der Waals surface area contributed by atoms with Crippen LogP contribution in [0.3, 0.4) is 0 Å². The maximum absolute atomic E-state index is 12.6. The molecule has 0 saturated carbocycles. The molecule has 1 aliphatic heterocycles. The van der Waals surface area contributed by atoms with Crippen molar-refractivity contribution in [1.82, 2.24) is 9.88 Å². The van der Waals surface area contributed by atoms with Gasteiger partial charge in [0, 0.05) is 34.6 Å². The fourth-order valence-electron chi connectivity index (χ4n) is 4.39. The Morgan fingerprint density at radius 2 is 2.13 bits per heavy atom. The Kier molecular flexibility index (Phi) is 6.23. The summed E-state index contributed by atoms with van der Waals surface area (Å²) in [4.78, 5) is 18.0. The molecule has 0 amide bonds. The number of carbonyl (C=O) groups is 1. The molecule has 2 heterocycles. The Morgan fingerprint density at radius 1 is 1.29 bits per heavy atom. The molecule has 1 atom stereocenters. The number of aliphatic hydroxyl groups is 1. The molecule has 0 aliphatic carbocycles. The average Bonchev–Trinajstić information content (AvgIpc) is 3.11. The van der Waals surface area contributed by atoms with Crippen LogP contribution in [0.2, 0.25) is 5.02 Å². The number of aromatic amines is 1. The molecule has 164 valence electrons. The third-order valence-corrected chi connectivity index (χ3v) is 6.12. The van der Waals surface area contributed by atoms with Crippen molar-refractivity contribution in [2.45, 2.75) is 31.9 Å². The highest BCUT2D eigenvalue weighted by molar-refractivity contribution is 6.31. The third-order valence-electron chi connectivity index (χ3n) is 5.89. The first kappa shape index (κ1) is 21.7. The zero-order chi connectivity index (χ0) is 22.0. The molecule has 2 N–H and O–H groups in total. The van der Waals surface area contributed by atoms with Crippen LogP contribution in [0.1, 0.15) is 41.4 Å². The van der Waals surface area contributed by atoms with Crippen LogP contribution in [0.25, 0.3) is 10.9 Å². The molecule has 1 aromatic heterocycles. The normalized spacial score (nSPS) is 19.5. The van der Waals surface area contributed by atoms with Gasteiger partial charge in [-0.2, -0.15) is 0 Å². The molecule has 6 nitrogen and oxygen atoms in total. The van der Waals surface area contributed by atoms with Gasteiger partial charge in [0.15, 0.2) is 0 Å². The molecule has 2 aromatic carbocycles. The lowest BCUT2D eigenvalue weighted by Crippen LogP contribution is -2.45. The summed E-state index contributed by atoms with van der Waals surface area (Å²) in [5, 5.41) is 13.0. The largest absolute Gasteiger partial charge is 0.497 e. The van der Waals surface area contributed by atoms with E-state index in [0.717, 1.165) is 40.7 Å². The van der Waals surface area contributed by atoms with Gasteiger partial charge in [-0.05, 0) is 62.2 Å². The molecule has 1 aliphatic rings. The van der Waals surface area contributed by atoms with Crippen LogP contribution in [0, 0.1) is 0 Å². The Balaban J connectivity index is 1.66. The fraction of sp³-hybridized carbons (Fsp3) is 0.375. The number of β-amino-alcohol motifs (C(OH)–C–C–N with tert-alkyl or cyclic N) is 1. The summed E-state index contributed by atoms with van der Waals surface area (Å²) in [6.07, 6.45) is 1.51. The van der Waals surface area contributed by atoms with Gasteiger partial charge < -0.3 is 19.6 Å². The van der Waals surface area contributed by atoms with E-state index in [-0.39, 0.29) is 5.97 Å². The molecule has 3 aromatic rings. The minimum absolute atomic E-state index is 0.299. The van der Waals surface area contributed by atoms with Gasteiger partial charge in [-0.1, -0.05) is 23.7 Å². The van der Waals surface area contributed by atoms with Crippen molar-refractivity contribution < 1.29 is 19.4 Å². The molecule has 1 saturated heterocycles. The number of aromatic nitrogens is 1. The summed E-state index contributed by atoms with van der Waals surface area (Å²) < 4.78 is 10.6. The average molecular weight is 443 g/mol. The van der Waals surface area contributed by atoms with Crippen molar-refractivity contribution in [3.63, 3.8) is 0 Å². The second kappa shape index (κ2) is 8.91. The lowest BCUT2D eigenvalue weighted by molar-refractivity contribution is -0.0382. The zero-order valence-electron chi connectivity index (χ0n) is 17.8. The van der Waals surface area contributed by atoms with E-state index in [1.165, 1.54) is 0 Å². The number of benzene rings is 2. The third kappa shape index (κ3) is 4.42. The van der Waals surface area contributed by atoms with E-state index in [1.54, 1.807) is 20.1 Å². The van der Waals surface area contributed by atoms with Gasteiger partial charge in [-0.15, -0.1) is 0 Å². The Labute approximate surface area is 186 Å². The van der Waals surface area contributed by atoms with Crippen LogP contribution in [0.15, 0.2) is 42.5 Å². The van der Waals surface area contributed by atoms with Crippen molar-refractivity contribution in [3.05, 3.63) is 64.3 Å². The number of fused-ring (bicyclic) bond motifs is 1. The number of halogens is 1. The molecule has 7 heteroatoms. The predicted molar refractivity (Wildman–Crippen MR) is 121 cm³/mol. The summed E-state index contributed by atoms with van der Waals surface area (Å²) in [6, 6.07) is 13.1. The monoisotopic (exact) mass is 442 g/mol. The smallest absolute Gasteiger partial charge is 0.355 e. The molecule has 31 heavy (non-hydrogen) atoms. The zero-order valence-corrected chi connectivity index (χ0v) is 18.5. The highest BCUT2D eigenvalue weighted by Crippen LogP contribution is 2.35. The molecule has 0 bridgehead atoms. The van der Waals surface area contributed by atoms with Gasteiger partial charge in [0.25, 0.3) is 0 Å². The van der Waals surface area contributed by atoms with Crippen LogP contribution in [0.5, 0.6) is 5.75 Å². The fourth-order valence-corrected chi connectivity index (χ4v) is 4.56. The summed E-state index contributed by atoms with van der Waals surface area (Å²) in [6.45, 7) is 3.86. The van der Waals surface area contributed by atoms with E-state index < -0.39 is 5.60 Å². The number of piperidine rings is 1. The maximum atomic E-state index is 12.6. The SMILES string of the molecule is CCOC(=O)c1[nH]c2ccc(Cl)cc2c1CN1CCCC(O)(c2cccc(OC)c2)C1. The number of nitrogens with zero attached hydrogens (tertiary/aromatic N) is 1. The van der Waals surface area contributed by atoms with E-state index in [0.29, 0.717) is 36.8 Å². The van der Waals surface area contributed by atoms with Gasteiger partial charge in [-0.3, -0.25) is 4.90 Å². The highest BCUT2D eigenvalue weighted by Gasteiger charge is 2.36. The van der Waals surface area contributed by atoms with Crippen molar-refractivity contribution in [1.29, 1.82) is 0 Å². The van der Waals surface area contributed by atoms with Crippen LogP contribution >= 0.6 is 11.6 Å². The Morgan fingerprint density at radius 3 is 2.90 bits per heavy atom. The molecule has 1 fully saturated rings. The molecule has 4 rings (SSSR count).